The van der Waals surface area contributed by atoms with E-state index in [1.165, 1.54) is 0 Å². The molecule has 1 saturated heterocycles. The number of halogens is 1. The summed E-state index contributed by atoms with van der Waals surface area (Å²) in [5.41, 5.74) is 1.68. The molecular weight excluding hydrogens is 366 g/mol. The van der Waals surface area contributed by atoms with Crippen molar-refractivity contribution in [2.24, 2.45) is 0 Å². The van der Waals surface area contributed by atoms with Gasteiger partial charge in [0.15, 0.2) is 5.82 Å². The minimum absolute atomic E-state index is 0.0236. The van der Waals surface area contributed by atoms with E-state index >= 15 is 0 Å². The number of carbonyl (C=O) groups excluding carboxylic acids is 1. The van der Waals surface area contributed by atoms with Crippen LogP contribution in [-0.2, 0) is 13.0 Å². The molecule has 7 nitrogen and oxygen atoms in total. The molecule has 0 radical (unpaired) electrons. The fraction of sp³-hybridized carbons (Fsp3) is 0.316. The van der Waals surface area contributed by atoms with Crippen LogP contribution in [-0.4, -0.2) is 57.0 Å². The van der Waals surface area contributed by atoms with Crippen LogP contribution in [0.2, 0.25) is 5.02 Å². The molecular formula is C19H20ClN5O2. The van der Waals surface area contributed by atoms with Gasteiger partial charge in [0.05, 0.1) is 11.6 Å². The molecule has 1 aliphatic heterocycles. The van der Waals surface area contributed by atoms with Crippen molar-refractivity contribution >= 4 is 17.5 Å². The lowest BCUT2D eigenvalue weighted by molar-refractivity contribution is 0.0610. The maximum absolute atomic E-state index is 12.4. The molecule has 3 heterocycles. The van der Waals surface area contributed by atoms with E-state index < -0.39 is 0 Å². The fourth-order valence-corrected chi connectivity index (χ4v) is 3.33. The van der Waals surface area contributed by atoms with Crippen LogP contribution in [0.5, 0.6) is 0 Å². The molecule has 0 atom stereocenters. The third-order valence-electron chi connectivity index (χ3n) is 4.61. The summed E-state index contributed by atoms with van der Waals surface area (Å²) in [6.45, 7) is 3.42. The average molecular weight is 386 g/mol. The van der Waals surface area contributed by atoms with E-state index in [1.54, 1.807) is 12.3 Å². The second-order valence-corrected chi connectivity index (χ2v) is 7.00. The number of hydrogen-bond donors (Lipinski definition) is 1. The largest absolute Gasteiger partial charge is 0.356 e. The van der Waals surface area contributed by atoms with Crippen molar-refractivity contribution in [3.05, 3.63) is 70.6 Å². The normalized spacial score (nSPS) is 15.2. The van der Waals surface area contributed by atoms with Gasteiger partial charge in [-0.3, -0.25) is 9.69 Å². The van der Waals surface area contributed by atoms with Gasteiger partial charge in [0, 0.05) is 38.8 Å². The van der Waals surface area contributed by atoms with Gasteiger partial charge in [-0.15, -0.1) is 0 Å². The van der Waals surface area contributed by atoms with Crippen molar-refractivity contribution < 1.29 is 9.32 Å². The smallest absolute Gasteiger partial charge is 0.270 e. The summed E-state index contributed by atoms with van der Waals surface area (Å²) in [6.07, 6.45) is 2.28. The maximum atomic E-state index is 12.4. The standard InChI is InChI=1S/C19H20ClN5O2/c20-15-11-16(21-12-15)19(26)25-8-6-24(7-9-25)13-18-22-17(23-27-18)10-14-4-2-1-3-5-14/h1-5,11-12,21H,6-10,13H2. The Morgan fingerprint density at radius 2 is 1.96 bits per heavy atom. The Kier molecular flexibility index (Phi) is 5.22. The van der Waals surface area contributed by atoms with Gasteiger partial charge in [0.1, 0.15) is 5.69 Å². The van der Waals surface area contributed by atoms with Crippen LogP contribution in [0, 0.1) is 0 Å². The first-order valence-electron chi connectivity index (χ1n) is 8.88. The Morgan fingerprint density at radius 1 is 1.19 bits per heavy atom. The van der Waals surface area contributed by atoms with Crippen LogP contribution in [0.4, 0.5) is 0 Å². The molecule has 0 unspecified atom stereocenters. The highest BCUT2D eigenvalue weighted by Crippen LogP contribution is 2.14. The summed E-state index contributed by atoms with van der Waals surface area (Å²) < 4.78 is 5.38. The van der Waals surface area contributed by atoms with Gasteiger partial charge in [-0.25, -0.2) is 0 Å². The van der Waals surface area contributed by atoms with E-state index in [0.29, 0.717) is 48.5 Å². The van der Waals surface area contributed by atoms with Crippen LogP contribution in [0.25, 0.3) is 0 Å². The number of rotatable bonds is 5. The Bertz CT molecular complexity index is 900. The second-order valence-electron chi connectivity index (χ2n) is 6.57. The van der Waals surface area contributed by atoms with Crippen molar-refractivity contribution in [3.8, 4) is 0 Å². The van der Waals surface area contributed by atoms with Gasteiger partial charge in [-0.1, -0.05) is 47.1 Å². The summed E-state index contributed by atoms with van der Waals surface area (Å²) in [5, 5.41) is 4.61. The van der Waals surface area contributed by atoms with Crippen molar-refractivity contribution in [1.29, 1.82) is 0 Å². The topological polar surface area (TPSA) is 78.3 Å². The first-order valence-corrected chi connectivity index (χ1v) is 9.26. The SMILES string of the molecule is O=C(c1cc(Cl)c[nH]1)N1CCN(Cc2nc(Cc3ccccc3)no2)CC1. The van der Waals surface area contributed by atoms with Gasteiger partial charge in [0.25, 0.3) is 5.91 Å². The van der Waals surface area contributed by atoms with E-state index in [-0.39, 0.29) is 5.91 Å². The second kappa shape index (κ2) is 7.94. The third-order valence-corrected chi connectivity index (χ3v) is 4.83. The summed E-state index contributed by atoms with van der Waals surface area (Å²) in [7, 11) is 0. The number of amides is 1. The maximum Gasteiger partial charge on any atom is 0.270 e. The van der Waals surface area contributed by atoms with Gasteiger partial charge < -0.3 is 14.4 Å². The van der Waals surface area contributed by atoms with Crippen molar-refractivity contribution in [1.82, 2.24) is 24.9 Å². The monoisotopic (exact) mass is 385 g/mol. The number of hydrogen-bond acceptors (Lipinski definition) is 5. The number of benzene rings is 1. The van der Waals surface area contributed by atoms with Crippen LogP contribution in [0.15, 0.2) is 47.1 Å². The van der Waals surface area contributed by atoms with E-state index in [0.717, 1.165) is 18.7 Å². The molecule has 0 spiro atoms. The minimum Gasteiger partial charge on any atom is -0.356 e. The number of carbonyl (C=O) groups is 1. The molecule has 4 rings (SSSR count). The predicted octanol–water partition coefficient (Wildman–Crippen LogP) is 2.60. The zero-order valence-corrected chi connectivity index (χ0v) is 15.5. The van der Waals surface area contributed by atoms with E-state index in [4.69, 9.17) is 16.1 Å². The van der Waals surface area contributed by atoms with E-state index in [2.05, 4.69) is 20.0 Å². The number of aromatic nitrogens is 3. The Morgan fingerprint density at radius 3 is 2.67 bits per heavy atom. The molecule has 0 bridgehead atoms. The number of aromatic amines is 1. The molecule has 1 amide bonds. The van der Waals surface area contributed by atoms with Crippen LogP contribution < -0.4 is 0 Å². The number of nitrogens with zero attached hydrogens (tertiary/aromatic N) is 4. The van der Waals surface area contributed by atoms with E-state index in [1.807, 2.05) is 35.2 Å². The van der Waals surface area contributed by atoms with Gasteiger partial charge in [-0.05, 0) is 11.6 Å². The zero-order valence-electron chi connectivity index (χ0n) is 14.8. The summed E-state index contributed by atoms with van der Waals surface area (Å²) in [6, 6.07) is 11.7. The van der Waals surface area contributed by atoms with Crippen LogP contribution >= 0.6 is 11.6 Å². The highest BCUT2D eigenvalue weighted by molar-refractivity contribution is 6.30. The number of piperazine rings is 1. The fourth-order valence-electron chi connectivity index (χ4n) is 3.17. The molecule has 1 fully saturated rings. The average Bonchev–Trinajstić information content (AvgIpc) is 3.31. The summed E-state index contributed by atoms with van der Waals surface area (Å²) in [5.74, 6) is 1.27. The van der Waals surface area contributed by atoms with Crippen molar-refractivity contribution in [3.63, 3.8) is 0 Å². The quantitative estimate of drug-likeness (QED) is 0.730. The zero-order chi connectivity index (χ0) is 18.6. The Labute approximate surface area is 161 Å². The molecule has 1 aliphatic rings. The number of H-pyrrole nitrogens is 1. The predicted molar refractivity (Wildman–Crippen MR) is 101 cm³/mol. The molecule has 140 valence electrons. The summed E-state index contributed by atoms with van der Waals surface area (Å²) in [4.78, 5) is 23.9. The first kappa shape index (κ1) is 17.8. The van der Waals surface area contributed by atoms with Gasteiger partial charge in [-0.2, -0.15) is 4.98 Å². The van der Waals surface area contributed by atoms with Gasteiger partial charge in [0.2, 0.25) is 5.89 Å². The van der Waals surface area contributed by atoms with E-state index in [9.17, 15) is 4.79 Å². The lowest BCUT2D eigenvalue weighted by Gasteiger charge is -2.33. The molecule has 0 aliphatic carbocycles. The lowest BCUT2D eigenvalue weighted by Crippen LogP contribution is -2.48. The molecule has 2 aromatic heterocycles. The highest BCUT2D eigenvalue weighted by atomic mass is 35.5. The highest BCUT2D eigenvalue weighted by Gasteiger charge is 2.24. The third kappa shape index (κ3) is 4.37. The Hall–Kier alpha value is -2.64. The molecule has 8 heteroatoms. The lowest BCUT2D eigenvalue weighted by atomic mass is 10.1. The molecule has 27 heavy (non-hydrogen) atoms. The molecule has 0 saturated carbocycles. The minimum atomic E-state index is -0.0236. The Balaban J connectivity index is 1.29. The summed E-state index contributed by atoms with van der Waals surface area (Å²) >= 11 is 5.88. The van der Waals surface area contributed by atoms with Crippen LogP contribution in [0.1, 0.15) is 27.8 Å². The van der Waals surface area contributed by atoms with Crippen LogP contribution in [0.3, 0.4) is 0 Å². The molecule has 1 N–H and O–H groups in total. The van der Waals surface area contributed by atoms with Crippen molar-refractivity contribution in [2.45, 2.75) is 13.0 Å². The molecule has 1 aromatic carbocycles. The number of nitrogens with one attached hydrogen (secondary N) is 1. The van der Waals surface area contributed by atoms with Gasteiger partial charge >= 0.3 is 0 Å². The first-order chi connectivity index (χ1) is 13.2. The molecule has 3 aromatic rings. The van der Waals surface area contributed by atoms with Crippen molar-refractivity contribution in [2.75, 3.05) is 26.2 Å².